The molecule has 0 saturated carbocycles. The van der Waals surface area contributed by atoms with Crippen LogP contribution in [0.15, 0.2) is 18.2 Å². The van der Waals surface area contributed by atoms with Crippen LogP contribution in [0, 0.1) is 5.41 Å². The number of hydrogen-bond donors (Lipinski definition) is 3. The summed E-state index contributed by atoms with van der Waals surface area (Å²) in [5, 5.41) is 14.0. The van der Waals surface area contributed by atoms with Crippen molar-refractivity contribution in [1.82, 2.24) is 5.32 Å². The highest BCUT2D eigenvalue weighted by Gasteiger charge is 2.17. The Morgan fingerprint density at radius 1 is 1.24 bits per heavy atom. The van der Waals surface area contributed by atoms with E-state index in [2.05, 4.69) is 10.6 Å². The van der Waals surface area contributed by atoms with Gasteiger partial charge in [-0.05, 0) is 23.6 Å². The standard InChI is InChI=1S/C17H23ClN2O5/c1-17(2,3)9-14(21)20-11-4-5-13(18)12(8-11)16(24)19-6-7-25-10-15(22)23/h4-5,8H,6-7,9-10H2,1-3H3,(H,19,24)(H,20,21)(H,22,23). The van der Waals surface area contributed by atoms with E-state index in [1.165, 1.54) is 12.1 Å². The number of carboxylic acid groups (broad SMARTS) is 1. The Balaban J connectivity index is 2.63. The largest absolute Gasteiger partial charge is 0.480 e. The van der Waals surface area contributed by atoms with E-state index in [1.54, 1.807) is 6.07 Å². The molecule has 0 aliphatic carbocycles. The van der Waals surface area contributed by atoms with Gasteiger partial charge in [-0.25, -0.2) is 4.79 Å². The third-order valence-electron chi connectivity index (χ3n) is 2.94. The number of hydrogen-bond acceptors (Lipinski definition) is 4. The second-order valence-corrected chi connectivity index (χ2v) is 7.09. The van der Waals surface area contributed by atoms with Gasteiger partial charge in [0.2, 0.25) is 5.91 Å². The summed E-state index contributed by atoms with van der Waals surface area (Å²) in [6, 6.07) is 4.65. The maximum absolute atomic E-state index is 12.1. The number of amides is 2. The van der Waals surface area contributed by atoms with Crippen LogP contribution < -0.4 is 10.6 Å². The molecule has 0 bridgehead atoms. The molecule has 1 aromatic rings. The number of carbonyl (C=O) groups excluding carboxylic acids is 2. The van der Waals surface area contributed by atoms with Gasteiger partial charge >= 0.3 is 5.97 Å². The molecule has 0 aliphatic rings. The molecule has 2 amide bonds. The van der Waals surface area contributed by atoms with Crippen LogP contribution in [0.5, 0.6) is 0 Å². The third kappa shape index (κ3) is 8.51. The smallest absolute Gasteiger partial charge is 0.329 e. The molecule has 0 heterocycles. The summed E-state index contributed by atoms with van der Waals surface area (Å²) in [6.45, 7) is 5.66. The van der Waals surface area contributed by atoms with E-state index in [0.717, 1.165) is 0 Å². The van der Waals surface area contributed by atoms with Crippen LogP contribution in [0.3, 0.4) is 0 Å². The molecule has 138 valence electrons. The van der Waals surface area contributed by atoms with Gasteiger partial charge in [0.25, 0.3) is 5.91 Å². The summed E-state index contributed by atoms with van der Waals surface area (Å²) in [5.74, 6) is -1.66. The van der Waals surface area contributed by atoms with Crippen molar-refractivity contribution in [2.24, 2.45) is 5.41 Å². The fourth-order valence-electron chi connectivity index (χ4n) is 1.96. The minimum atomic E-state index is -1.08. The minimum absolute atomic E-state index is 0.0671. The van der Waals surface area contributed by atoms with E-state index in [0.29, 0.717) is 12.1 Å². The maximum atomic E-state index is 12.1. The number of anilines is 1. The first-order valence-electron chi connectivity index (χ1n) is 7.75. The minimum Gasteiger partial charge on any atom is -0.480 e. The predicted octanol–water partition coefficient (Wildman–Crippen LogP) is 2.55. The van der Waals surface area contributed by atoms with E-state index in [9.17, 15) is 14.4 Å². The first-order chi connectivity index (χ1) is 11.6. The zero-order valence-electron chi connectivity index (χ0n) is 14.5. The molecular weight excluding hydrogens is 348 g/mol. The highest BCUT2D eigenvalue weighted by molar-refractivity contribution is 6.34. The average molecular weight is 371 g/mol. The third-order valence-corrected chi connectivity index (χ3v) is 3.27. The van der Waals surface area contributed by atoms with Crippen molar-refractivity contribution in [2.75, 3.05) is 25.1 Å². The van der Waals surface area contributed by atoms with E-state index >= 15 is 0 Å². The Hall–Kier alpha value is -2.12. The molecule has 0 radical (unpaired) electrons. The van der Waals surface area contributed by atoms with Gasteiger partial charge in [0.1, 0.15) is 6.61 Å². The summed E-state index contributed by atoms with van der Waals surface area (Å²) < 4.78 is 4.83. The Morgan fingerprint density at radius 3 is 2.52 bits per heavy atom. The van der Waals surface area contributed by atoms with Gasteiger partial charge in [-0.3, -0.25) is 9.59 Å². The lowest BCUT2D eigenvalue weighted by atomic mass is 9.92. The van der Waals surface area contributed by atoms with Gasteiger partial charge in [-0.2, -0.15) is 0 Å². The van der Waals surface area contributed by atoms with Crippen LogP contribution in [0.4, 0.5) is 5.69 Å². The molecule has 7 nitrogen and oxygen atoms in total. The molecule has 1 rings (SSSR count). The number of rotatable bonds is 8. The molecule has 25 heavy (non-hydrogen) atoms. The number of halogens is 1. The topological polar surface area (TPSA) is 105 Å². The van der Waals surface area contributed by atoms with E-state index < -0.39 is 18.5 Å². The molecule has 1 aromatic carbocycles. The predicted molar refractivity (Wildman–Crippen MR) is 94.9 cm³/mol. The first-order valence-corrected chi connectivity index (χ1v) is 8.13. The lowest BCUT2D eigenvalue weighted by Crippen LogP contribution is -2.28. The molecule has 3 N–H and O–H groups in total. The van der Waals surface area contributed by atoms with E-state index in [4.69, 9.17) is 21.4 Å². The summed E-state index contributed by atoms with van der Waals surface area (Å²) in [7, 11) is 0. The Labute approximate surface area is 151 Å². The second-order valence-electron chi connectivity index (χ2n) is 6.68. The molecular formula is C17H23ClN2O5. The summed E-state index contributed by atoms with van der Waals surface area (Å²) in [5.41, 5.74) is 0.548. The fraction of sp³-hybridized carbons (Fsp3) is 0.471. The van der Waals surface area contributed by atoms with Gasteiger partial charge < -0.3 is 20.5 Å². The van der Waals surface area contributed by atoms with Crippen LogP contribution >= 0.6 is 11.6 Å². The van der Waals surface area contributed by atoms with Crippen molar-refractivity contribution >= 4 is 35.1 Å². The van der Waals surface area contributed by atoms with Crippen LogP contribution in [0.25, 0.3) is 0 Å². The molecule has 0 spiro atoms. The van der Waals surface area contributed by atoms with E-state index in [-0.39, 0.29) is 35.1 Å². The molecule has 0 saturated heterocycles. The van der Waals surface area contributed by atoms with Crippen LogP contribution in [0.1, 0.15) is 37.6 Å². The summed E-state index contributed by atoms with van der Waals surface area (Å²) >= 11 is 6.03. The normalized spacial score (nSPS) is 11.0. The molecule has 0 unspecified atom stereocenters. The summed E-state index contributed by atoms with van der Waals surface area (Å²) in [6.07, 6.45) is 0.345. The van der Waals surface area contributed by atoms with E-state index in [1.807, 2.05) is 20.8 Å². The number of nitrogens with one attached hydrogen (secondary N) is 2. The fourth-order valence-corrected chi connectivity index (χ4v) is 2.16. The first kappa shape index (κ1) is 20.9. The zero-order chi connectivity index (χ0) is 19.0. The van der Waals surface area contributed by atoms with Crippen LogP contribution in [0.2, 0.25) is 5.02 Å². The number of carbonyl (C=O) groups is 3. The van der Waals surface area contributed by atoms with Gasteiger partial charge in [0, 0.05) is 18.7 Å². The molecule has 0 fully saturated rings. The number of benzene rings is 1. The lowest BCUT2D eigenvalue weighted by molar-refractivity contribution is -0.142. The highest BCUT2D eigenvalue weighted by atomic mass is 35.5. The monoisotopic (exact) mass is 370 g/mol. The maximum Gasteiger partial charge on any atom is 0.329 e. The van der Waals surface area contributed by atoms with Crippen LogP contribution in [-0.4, -0.2) is 42.6 Å². The van der Waals surface area contributed by atoms with Crippen molar-refractivity contribution in [1.29, 1.82) is 0 Å². The van der Waals surface area contributed by atoms with Gasteiger partial charge in [0.05, 0.1) is 17.2 Å². The summed E-state index contributed by atoms with van der Waals surface area (Å²) in [4.78, 5) is 34.4. The SMILES string of the molecule is CC(C)(C)CC(=O)Nc1ccc(Cl)c(C(=O)NCCOCC(=O)O)c1. The molecule has 0 atom stereocenters. The molecule has 8 heteroatoms. The Kier molecular flexibility index (Phi) is 7.86. The second kappa shape index (κ2) is 9.39. The highest BCUT2D eigenvalue weighted by Crippen LogP contribution is 2.23. The average Bonchev–Trinajstić information content (AvgIpc) is 2.46. The van der Waals surface area contributed by atoms with Crippen molar-refractivity contribution in [3.8, 4) is 0 Å². The van der Waals surface area contributed by atoms with Gasteiger partial charge in [-0.1, -0.05) is 32.4 Å². The number of ether oxygens (including phenoxy) is 1. The quantitative estimate of drug-likeness (QED) is 0.610. The van der Waals surface area contributed by atoms with Crippen molar-refractivity contribution < 1.29 is 24.2 Å². The van der Waals surface area contributed by atoms with Gasteiger partial charge in [-0.15, -0.1) is 0 Å². The molecule has 0 aromatic heterocycles. The number of aliphatic carboxylic acids is 1. The lowest BCUT2D eigenvalue weighted by Gasteiger charge is -2.17. The van der Waals surface area contributed by atoms with Crippen molar-refractivity contribution in [3.05, 3.63) is 28.8 Å². The van der Waals surface area contributed by atoms with Crippen LogP contribution in [-0.2, 0) is 14.3 Å². The zero-order valence-corrected chi connectivity index (χ0v) is 15.3. The van der Waals surface area contributed by atoms with Gasteiger partial charge in [0.15, 0.2) is 0 Å². The molecule has 0 aliphatic heterocycles. The Morgan fingerprint density at radius 2 is 1.92 bits per heavy atom. The van der Waals surface area contributed by atoms with Crippen molar-refractivity contribution in [2.45, 2.75) is 27.2 Å². The van der Waals surface area contributed by atoms with Crippen molar-refractivity contribution in [3.63, 3.8) is 0 Å². The number of carboxylic acids is 1. The Bertz CT molecular complexity index is 640.